The summed E-state index contributed by atoms with van der Waals surface area (Å²) in [6.07, 6.45) is 1.12. The molecule has 0 aliphatic carbocycles. The molecule has 10 heteroatoms. The van der Waals surface area contributed by atoms with Gasteiger partial charge in [0.15, 0.2) is 5.82 Å². The summed E-state index contributed by atoms with van der Waals surface area (Å²) in [5.41, 5.74) is 7.71. The highest BCUT2D eigenvalue weighted by Crippen LogP contribution is 2.34. The van der Waals surface area contributed by atoms with E-state index >= 15 is 0 Å². The van der Waals surface area contributed by atoms with Crippen molar-refractivity contribution >= 4 is 11.0 Å². The summed E-state index contributed by atoms with van der Waals surface area (Å²) >= 11 is 0. The van der Waals surface area contributed by atoms with E-state index in [1.165, 1.54) is 31.6 Å². The molecule has 0 fully saturated rings. The monoisotopic (exact) mass is 400 g/mol. The molecule has 1 atom stereocenters. The van der Waals surface area contributed by atoms with E-state index in [9.17, 15) is 13.2 Å². The number of rotatable bonds is 4. The number of methoxy groups -OCH3 is 1. The second-order valence-corrected chi connectivity index (χ2v) is 6.18. The van der Waals surface area contributed by atoms with Crippen LogP contribution in [0.3, 0.4) is 0 Å². The van der Waals surface area contributed by atoms with Crippen molar-refractivity contribution in [3.8, 4) is 11.6 Å². The highest BCUT2D eigenvalue weighted by molar-refractivity contribution is 5.79. The Morgan fingerprint density at radius 3 is 2.45 bits per heavy atom. The molecule has 0 saturated heterocycles. The number of halogens is 3. The molecule has 0 aliphatic rings. The van der Waals surface area contributed by atoms with Crippen molar-refractivity contribution in [2.75, 3.05) is 7.11 Å². The SMILES string of the molecule is COc1ccc2c(c1)nc(C(F)(F)F)n2-c1cnc(C(N)c2ccncc2)cn1. The standard InChI is InChI=1S/C19H15F3N6O/c1-29-12-2-3-15-13(8-12)27-18(19(20,21)22)28(15)16-10-25-14(9-26-16)17(23)11-4-6-24-7-5-11/h2-10,17H,23H2,1H3. The van der Waals surface area contributed by atoms with Crippen LogP contribution in [0.2, 0.25) is 0 Å². The van der Waals surface area contributed by atoms with Gasteiger partial charge in [0.2, 0.25) is 5.82 Å². The molecular formula is C19H15F3N6O. The Morgan fingerprint density at radius 1 is 1.07 bits per heavy atom. The molecule has 0 amide bonds. The highest BCUT2D eigenvalue weighted by atomic mass is 19.4. The maximum absolute atomic E-state index is 13.6. The number of imidazole rings is 1. The fourth-order valence-corrected chi connectivity index (χ4v) is 2.96. The highest BCUT2D eigenvalue weighted by Gasteiger charge is 2.38. The summed E-state index contributed by atoms with van der Waals surface area (Å²) in [6, 6.07) is 7.38. The molecule has 7 nitrogen and oxygen atoms in total. The minimum atomic E-state index is -4.68. The summed E-state index contributed by atoms with van der Waals surface area (Å²) in [7, 11) is 1.43. The third-order valence-electron chi connectivity index (χ3n) is 4.39. The van der Waals surface area contributed by atoms with Gasteiger partial charge in [0, 0.05) is 18.5 Å². The lowest BCUT2D eigenvalue weighted by molar-refractivity contribution is -0.145. The van der Waals surface area contributed by atoms with Crippen LogP contribution in [0, 0.1) is 0 Å². The number of nitrogens with two attached hydrogens (primary N) is 1. The molecule has 0 radical (unpaired) electrons. The Morgan fingerprint density at radius 2 is 1.83 bits per heavy atom. The molecule has 1 aromatic carbocycles. The number of aromatic nitrogens is 5. The van der Waals surface area contributed by atoms with E-state index in [4.69, 9.17) is 10.5 Å². The molecule has 29 heavy (non-hydrogen) atoms. The second kappa shape index (κ2) is 7.13. The molecule has 4 aromatic rings. The van der Waals surface area contributed by atoms with Gasteiger partial charge in [0.05, 0.1) is 42.3 Å². The van der Waals surface area contributed by atoms with E-state index in [-0.39, 0.29) is 16.9 Å². The van der Waals surface area contributed by atoms with Crippen LogP contribution in [0.25, 0.3) is 16.9 Å². The van der Waals surface area contributed by atoms with Gasteiger partial charge in [-0.05, 0) is 29.8 Å². The van der Waals surface area contributed by atoms with Crippen molar-refractivity contribution in [3.63, 3.8) is 0 Å². The number of nitrogens with zero attached hydrogens (tertiary/aromatic N) is 5. The number of benzene rings is 1. The largest absolute Gasteiger partial charge is 0.497 e. The summed E-state index contributed by atoms with van der Waals surface area (Å²) in [4.78, 5) is 16.1. The number of pyridine rings is 1. The fraction of sp³-hybridized carbons (Fsp3) is 0.158. The van der Waals surface area contributed by atoms with E-state index in [1.807, 2.05) is 0 Å². The number of hydrogen-bond acceptors (Lipinski definition) is 6. The van der Waals surface area contributed by atoms with Gasteiger partial charge in [0.1, 0.15) is 5.75 Å². The Hall–Kier alpha value is -3.53. The van der Waals surface area contributed by atoms with E-state index in [1.54, 1.807) is 30.6 Å². The summed E-state index contributed by atoms with van der Waals surface area (Å²) < 4.78 is 46.8. The van der Waals surface area contributed by atoms with Crippen molar-refractivity contribution in [2.24, 2.45) is 5.73 Å². The van der Waals surface area contributed by atoms with Gasteiger partial charge in [-0.2, -0.15) is 13.2 Å². The maximum Gasteiger partial charge on any atom is 0.450 e. The first-order valence-electron chi connectivity index (χ1n) is 8.50. The minimum Gasteiger partial charge on any atom is -0.497 e. The Bertz CT molecular complexity index is 1140. The average molecular weight is 400 g/mol. The van der Waals surface area contributed by atoms with Crippen molar-refractivity contribution in [1.29, 1.82) is 0 Å². The first kappa shape index (κ1) is 18.8. The Labute approximate surface area is 163 Å². The van der Waals surface area contributed by atoms with Crippen LogP contribution in [0.5, 0.6) is 5.75 Å². The Kier molecular flexibility index (Phi) is 4.63. The van der Waals surface area contributed by atoms with Crippen LogP contribution in [-0.4, -0.2) is 31.6 Å². The maximum atomic E-state index is 13.6. The first-order valence-corrected chi connectivity index (χ1v) is 8.50. The number of ether oxygens (including phenoxy) is 1. The quantitative estimate of drug-likeness (QED) is 0.565. The van der Waals surface area contributed by atoms with Crippen LogP contribution in [0.4, 0.5) is 13.2 Å². The molecule has 0 saturated carbocycles. The molecule has 3 aromatic heterocycles. The molecule has 0 bridgehead atoms. The lowest BCUT2D eigenvalue weighted by atomic mass is 10.1. The van der Waals surface area contributed by atoms with E-state index in [0.717, 1.165) is 10.1 Å². The van der Waals surface area contributed by atoms with Crippen LogP contribution < -0.4 is 10.5 Å². The summed E-state index contributed by atoms with van der Waals surface area (Å²) in [5.74, 6) is -0.711. The van der Waals surface area contributed by atoms with Gasteiger partial charge in [0.25, 0.3) is 0 Å². The molecule has 2 N–H and O–H groups in total. The molecule has 3 heterocycles. The van der Waals surface area contributed by atoms with Gasteiger partial charge in [-0.1, -0.05) is 0 Å². The topological polar surface area (TPSA) is 91.7 Å². The smallest absolute Gasteiger partial charge is 0.450 e. The lowest BCUT2D eigenvalue weighted by Gasteiger charge is -2.13. The van der Waals surface area contributed by atoms with Gasteiger partial charge in [-0.15, -0.1) is 0 Å². The zero-order chi connectivity index (χ0) is 20.6. The third-order valence-corrected chi connectivity index (χ3v) is 4.39. The predicted octanol–water partition coefficient (Wildman–Crippen LogP) is 3.29. The molecular weight excluding hydrogens is 385 g/mol. The normalized spacial score (nSPS) is 12.9. The summed E-state index contributed by atoms with van der Waals surface area (Å²) in [6.45, 7) is 0. The Balaban J connectivity index is 1.80. The van der Waals surface area contributed by atoms with Gasteiger partial charge in [-0.3, -0.25) is 14.5 Å². The fourth-order valence-electron chi connectivity index (χ4n) is 2.96. The van der Waals surface area contributed by atoms with E-state index < -0.39 is 18.0 Å². The van der Waals surface area contributed by atoms with Crippen molar-refractivity contribution in [1.82, 2.24) is 24.5 Å². The zero-order valence-corrected chi connectivity index (χ0v) is 15.1. The van der Waals surface area contributed by atoms with E-state index in [0.29, 0.717) is 11.4 Å². The van der Waals surface area contributed by atoms with Gasteiger partial charge in [-0.25, -0.2) is 9.97 Å². The van der Waals surface area contributed by atoms with Crippen molar-refractivity contribution in [3.05, 3.63) is 72.2 Å². The number of fused-ring (bicyclic) bond motifs is 1. The number of alkyl halides is 3. The van der Waals surface area contributed by atoms with Crippen molar-refractivity contribution < 1.29 is 17.9 Å². The van der Waals surface area contributed by atoms with Gasteiger partial charge < -0.3 is 10.5 Å². The third kappa shape index (κ3) is 3.49. The average Bonchev–Trinajstić information content (AvgIpc) is 3.13. The van der Waals surface area contributed by atoms with Crippen LogP contribution in [-0.2, 0) is 6.18 Å². The molecule has 1 unspecified atom stereocenters. The zero-order valence-electron chi connectivity index (χ0n) is 15.1. The van der Waals surface area contributed by atoms with Crippen LogP contribution in [0.15, 0.2) is 55.1 Å². The lowest BCUT2D eigenvalue weighted by Crippen LogP contribution is -2.17. The summed E-state index contributed by atoms with van der Waals surface area (Å²) in [5, 5.41) is 0. The predicted molar refractivity (Wildman–Crippen MR) is 98.5 cm³/mol. The van der Waals surface area contributed by atoms with Crippen LogP contribution in [0.1, 0.15) is 23.1 Å². The number of hydrogen-bond donors (Lipinski definition) is 1. The minimum absolute atomic E-state index is 0.0179. The molecule has 0 spiro atoms. The molecule has 0 aliphatic heterocycles. The molecule has 4 rings (SSSR count). The first-order chi connectivity index (χ1) is 13.9. The second-order valence-electron chi connectivity index (χ2n) is 6.18. The van der Waals surface area contributed by atoms with Gasteiger partial charge >= 0.3 is 6.18 Å². The van der Waals surface area contributed by atoms with Crippen LogP contribution >= 0.6 is 0 Å². The van der Waals surface area contributed by atoms with E-state index in [2.05, 4.69) is 19.9 Å². The molecule has 148 valence electrons. The van der Waals surface area contributed by atoms with Crippen molar-refractivity contribution in [2.45, 2.75) is 12.2 Å².